The van der Waals surface area contributed by atoms with Crippen LogP contribution in [-0.2, 0) is 4.74 Å². The van der Waals surface area contributed by atoms with Gasteiger partial charge in [-0.3, -0.25) is 10.1 Å². The number of hydrogen-bond donors (Lipinski definition) is 1. The number of halogens is 2. The Labute approximate surface area is 176 Å². The van der Waals surface area contributed by atoms with Gasteiger partial charge in [0.05, 0.1) is 12.3 Å². The number of benzene rings is 2. The van der Waals surface area contributed by atoms with Crippen LogP contribution >= 0.6 is 11.3 Å². The molecule has 0 saturated heterocycles. The molecule has 3 rings (SSSR count). The maximum absolute atomic E-state index is 12.6. The maximum Gasteiger partial charge on any atom is 0.387 e. The van der Waals surface area contributed by atoms with Crippen molar-refractivity contribution in [1.29, 1.82) is 0 Å². The summed E-state index contributed by atoms with van der Waals surface area (Å²) in [7, 11) is 1.59. The van der Waals surface area contributed by atoms with E-state index in [2.05, 4.69) is 15.0 Å². The smallest absolute Gasteiger partial charge is 0.387 e. The van der Waals surface area contributed by atoms with Crippen LogP contribution in [-0.4, -0.2) is 37.8 Å². The first-order chi connectivity index (χ1) is 14.5. The van der Waals surface area contributed by atoms with Crippen LogP contribution in [0.25, 0.3) is 11.3 Å². The Kier molecular flexibility index (Phi) is 7.31. The minimum absolute atomic E-state index is 0.0720. The average Bonchev–Trinajstić information content (AvgIpc) is 3.08. The van der Waals surface area contributed by atoms with E-state index in [1.54, 1.807) is 43.5 Å². The van der Waals surface area contributed by atoms with Gasteiger partial charge >= 0.3 is 6.61 Å². The lowest BCUT2D eigenvalue weighted by Crippen LogP contribution is -2.12. The minimum Gasteiger partial charge on any atom is -0.491 e. The number of rotatable bonds is 9. The molecule has 1 aromatic heterocycles. The maximum atomic E-state index is 12.6. The van der Waals surface area contributed by atoms with Gasteiger partial charge in [0.15, 0.2) is 5.13 Å². The average molecular weight is 434 g/mol. The summed E-state index contributed by atoms with van der Waals surface area (Å²) in [5.41, 5.74) is 1.84. The second-order valence-corrected chi connectivity index (χ2v) is 7.35. The molecular formula is C21H20F2N2O4S. The third-order valence-electron chi connectivity index (χ3n) is 4.02. The number of aromatic nitrogens is 1. The molecule has 0 spiro atoms. The molecule has 0 aliphatic carbocycles. The second kappa shape index (κ2) is 10.1. The van der Waals surface area contributed by atoms with Crippen LogP contribution in [0.2, 0.25) is 0 Å². The molecule has 1 heterocycles. The van der Waals surface area contributed by atoms with Crippen LogP contribution in [0.1, 0.15) is 15.2 Å². The van der Waals surface area contributed by atoms with Crippen molar-refractivity contribution < 1.29 is 27.8 Å². The van der Waals surface area contributed by atoms with Crippen molar-refractivity contribution in [3.63, 3.8) is 0 Å². The first-order valence-electron chi connectivity index (χ1n) is 9.02. The van der Waals surface area contributed by atoms with Gasteiger partial charge in [-0.15, -0.1) is 11.3 Å². The van der Waals surface area contributed by atoms with Crippen LogP contribution in [0.15, 0.2) is 48.5 Å². The monoisotopic (exact) mass is 434 g/mol. The van der Waals surface area contributed by atoms with Crippen molar-refractivity contribution in [2.45, 2.75) is 13.5 Å². The molecule has 3 aromatic rings. The Morgan fingerprint density at radius 3 is 2.60 bits per heavy atom. The number of carbonyl (C=O) groups excluding carboxylic acids is 1. The van der Waals surface area contributed by atoms with Crippen molar-refractivity contribution in [3.05, 3.63) is 59.0 Å². The van der Waals surface area contributed by atoms with Gasteiger partial charge < -0.3 is 14.2 Å². The standard InChI is InChI=1S/C21H20F2N2O4S/c1-13-18(14-6-8-16(9-7-14)29-20(22)23)24-21(30-13)25-19(26)15-4-3-5-17(12-15)28-11-10-27-2/h3-9,12,20H,10-11H2,1-2H3,(H,24,25,26). The van der Waals surface area contributed by atoms with Gasteiger partial charge in [-0.05, 0) is 49.4 Å². The van der Waals surface area contributed by atoms with E-state index >= 15 is 0 Å². The van der Waals surface area contributed by atoms with Gasteiger partial charge in [0.25, 0.3) is 5.91 Å². The number of alkyl halides is 2. The van der Waals surface area contributed by atoms with Gasteiger partial charge in [-0.25, -0.2) is 4.98 Å². The van der Waals surface area contributed by atoms with Crippen LogP contribution in [0.4, 0.5) is 13.9 Å². The summed E-state index contributed by atoms with van der Waals surface area (Å²) in [4.78, 5) is 17.9. The lowest BCUT2D eigenvalue weighted by Gasteiger charge is -2.07. The highest BCUT2D eigenvalue weighted by molar-refractivity contribution is 7.16. The number of nitrogens with one attached hydrogen (secondary N) is 1. The second-order valence-electron chi connectivity index (χ2n) is 6.15. The molecule has 1 N–H and O–H groups in total. The number of nitrogens with zero attached hydrogens (tertiary/aromatic N) is 1. The zero-order chi connectivity index (χ0) is 21.5. The van der Waals surface area contributed by atoms with Crippen LogP contribution in [0.3, 0.4) is 0 Å². The van der Waals surface area contributed by atoms with Gasteiger partial charge in [-0.2, -0.15) is 8.78 Å². The SMILES string of the molecule is COCCOc1cccc(C(=O)Nc2nc(-c3ccc(OC(F)F)cc3)c(C)s2)c1. The minimum atomic E-state index is -2.87. The molecule has 6 nitrogen and oxygen atoms in total. The molecule has 9 heteroatoms. The number of aryl methyl sites for hydroxylation is 1. The van der Waals surface area contributed by atoms with E-state index in [0.717, 1.165) is 10.4 Å². The summed E-state index contributed by atoms with van der Waals surface area (Å²) in [5, 5.41) is 3.22. The number of hydrogen-bond acceptors (Lipinski definition) is 6. The predicted molar refractivity (Wildman–Crippen MR) is 111 cm³/mol. The van der Waals surface area contributed by atoms with Gasteiger partial charge in [0, 0.05) is 23.1 Å². The van der Waals surface area contributed by atoms with Crippen molar-refractivity contribution in [1.82, 2.24) is 4.98 Å². The van der Waals surface area contributed by atoms with E-state index in [9.17, 15) is 13.6 Å². The van der Waals surface area contributed by atoms with Gasteiger partial charge in [0.1, 0.15) is 18.1 Å². The molecule has 0 aliphatic rings. The molecule has 0 saturated carbocycles. The highest BCUT2D eigenvalue weighted by Crippen LogP contribution is 2.32. The summed E-state index contributed by atoms with van der Waals surface area (Å²) in [6.07, 6.45) is 0. The molecule has 0 radical (unpaired) electrons. The van der Waals surface area contributed by atoms with E-state index in [-0.39, 0.29) is 11.7 Å². The fourth-order valence-electron chi connectivity index (χ4n) is 2.65. The fourth-order valence-corrected chi connectivity index (χ4v) is 3.48. The van der Waals surface area contributed by atoms with Crippen LogP contribution in [0.5, 0.6) is 11.5 Å². The normalized spacial score (nSPS) is 10.8. The Balaban J connectivity index is 1.69. The Bertz CT molecular complexity index is 993. The van der Waals surface area contributed by atoms with E-state index in [4.69, 9.17) is 9.47 Å². The molecule has 30 heavy (non-hydrogen) atoms. The molecule has 0 unspecified atom stereocenters. The van der Waals surface area contributed by atoms with E-state index < -0.39 is 6.61 Å². The van der Waals surface area contributed by atoms with Crippen molar-refractivity contribution >= 4 is 22.4 Å². The van der Waals surface area contributed by atoms with E-state index in [1.807, 2.05) is 6.92 Å². The van der Waals surface area contributed by atoms with Crippen LogP contribution in [0, 0.1) is 6.92 Å². The highest BCUT2D eigenvalue weighted by Gasteiger charge is 2.14. The third-order valence-corrected chi connectivity index (χ3v) is 4.91. The van der Waals surface area contributed by atoms with E-state index in [0.29, 0.717) is 35.4 Å². The lowest BCUT2D eigenvalue weighted by molar-refractivity contribution is -0.0498. The van der Waals surface area contributed by atoms with Crippen molar-refractivity contribution in [3.8, 4) is 22.8 Å². The van der Waals surface area contributed by atoms with E-state index in [1.165, 1.54) is 23.5 Å². The summed E-state index contributed by atoms with van der Waals surface area (Å²) in [5.74, 6) is 0.331. The number of carbonyl (C=O) groups is 1. The summed E-state index contributed by atoms with van der Waals surface area (Å²) in [6.45, 7) is -0.163. The largest absolute Gasteiger partial charge is 0.491 e. The number of methoxy groups -OCH3 is 1. The molecule has 0 atom stereocenters. The summed E-state index contributed by atoms with van der Waals surface area (Å²) >= 11 is 1.33. The van der Waals surface area contributed by atoms with Crippen molar-refractivity contribution in [2.75, 3.05) is 25.6 Å². The molecule has 0 bridgehead atoms. The molecule has 158 valence electrons. The van der Waals surface area contributed by atoms with Gasteiger partial charge in [-0.1, -0.05) is 6.07 Å². The Hall–Kier alpha value is -3.04. The molecule has 0 aliphatic heterocycles. The Morgan fingerprint density at radius 2 is 1.90 bits per heavy atom. The number of thiazole rings is 1. The first-order valence-corrected chi connectivity index (χ1v) is 9.83. The summed E-state index contributed by atoms with van der Waals surface area (Å²) in [6, 6.07) is 13.0. The number of amides is 1. The van der Waals surface area contributed by atoms with Crippen molar-refractivity contribution in [2.24, 2.45) is 0 Å². The topological polar surface area (TPSA) is 69.7 Å². The predicted octanol–water partition coefficient (Wildman–Crippen LogP) is 5.00. The fraction of sp³-hybridized carbons (Fsp3) is 0.238. The molecular weight excluding hydrogens is 414 g/mol. The highest BCUT2D eigenvalue weighted by atomic mass is 32.1. The zero-order valence-electron chi connectivity index (χ0n) is 16.4. The quantitative estimate of drug-likeness (QED) is 0.480. The van der Waals surface area contributed by atoms with Crippen LogP contribution < -0.4 is 14.8 Å². The third kappa shape index (κ3) is 5.74. The molecule has 0 fully saturated rings. The zero-order valence-corrected chi connectivity index (χ0v) is 17.2. The molecule has 2 aromatic carbocycles. The Morgan fingerprint density at radius 1 is 1.13 bits per heavy atom. The number of anilines is 1. The first kappa shape index (κ1) is 21.7. The molecule has 1 amide bonds. The summed E-state index contributed by atoms with van der Waals surface area (Å²) < 4.78 is 39.4. The number of ether oxygens (including phenoxy) is 3. The van der Waals surface area contributed by atoms with Gasteiger partial charge in [0.2, 0.25) is 0 Å². The lowest BCUT2D eigenvalue weighted by atomic mass is 10.1.